The average molecular weight is 197 g/mol. The molecular weight excluding hydrogens is 182 g/mol. The maximum Gasteiger partial charge on any atom is 0.256 e. The van der Waals surface area contributed by atoms with E-state index in [2.05, 4.69) is 4.98 Å². The fourth-order valence-electron chi connectivity index (χ4n) is 1.30. The number of aliphatic hydroxyl groups is 1. The molecule has 1 aromatic rings. The van der Waals surface area contributed by atoms with Crippen LogP contribution in [0, 0.1) is 0 Å². The van der Waals surface area contributed by atoms with E-state index in [4.69, 9.17) is 14.6 Å². The normalized spacial score (nSPS) is 9.93. The standard InChI is InChI=1S/C10H15NO3/c1-13-9-8(4-3-7-12)5-6-11-10(9)14-2/h5-6,12H,3-4,7H2,1-2H3. The van der Waals surface area contributed by atoms with Crippen LogP contribution >= 0.6 is 0 Å². The molecule has 0 radical (unpaired) electrons. The van der Waals surface area contributed by atoms with Gasteiger partial charge < -0.3 is 14.6 Å². The van der Waals surface area contributed by atoms with E-state index in [1.54, 1.807) is 20.4 Å². The van der Waals surface area contributed by atoms with E-state index < -0.39 is 0 Å². The lowest BCUT2D eigenvalue weighted by atomic mass is 10.1. The number of nitrogens with zero attached hydrogens (tertiary/aromatic N) is 1. The molecule has 1 rings (SSSR count). The van der Waals surface area contributed by atoms with E-state index in [1.807, 2.05) is 6.07 Å². The van der Waals surface area contributed by atoms with E-state index in [1.165, 1.54) is 0 Å². The van der Waals surface area contributed by atoms with Crippen molar-refractivity contribution in [2.75, 3.05) is 20.8 Å². The Morgan fingerprint density at radius 2 is 2.14 bits per heavy atom. The summed E-state index contributed by atoms with van der Waals surface area (Å²) in [5.74, 6) is 1.14. The van der Waals surface area contributed by atoms with E-state index in [9.17, 15) is 0 Å². The molecule has 1 N–H and O–H groups in total. The molecule has 4 heteroatoms. The quantitative estimate of drug-likeness (QED) is 0.765. The predicted octanol–water partition coefficient (Wildman–Crippen LogP) is 1.02. The Morgan fingerprint density at radius 3 is 2.71 bits per heavy atom. The van der Waals surface area contributed by atoms with E-state index >= 15 is 0 Å². The molecule has 1 aromatic heterocycles. The third kappa shape index (κ3) is 2.35. The third-order valence-electron chi connectivity index (χ3n) is 1.96. The average Bonchev–Trinajstić information content (AvgIpc) is 2.25. The molecule has 0 aliphatic heterocycles. The Balaban J connectivity index is 2.90. The summed E-state index contributed by atoms with van der Waals surface area (Å²) in [6.07, 6.45) is 3.15. The Morgan fingerprint density at radius 1 is 1.36 bits per heavy atom. The van der Waals surface area contributed by atoms with Crippen molar-refractivity contribution in [2.24, 2.45) is 0 Å². The van der Waals surface area contributed by atoms with Crippen molar-refractivity contribution in [3.05, 3.63) is 17.8 Å². The van der Waals surface area contributed by atoms with Crippen LogP contribution in [0.2, 0.25) is 0 Å². The van der Waals surface area contributed by atoms with E-state index in [0.717, 1.165) is 12.0 Å². The van der Waals surface area contributed by atoms with E-state index in [-0.39, 0.29) is 6.61 Å². The second-order valence-corrected chi connectivity index (χ2v) is 2.84. The molecule has 14 heavy (non-hydrogen) atoms. The number of aromatic nitrogens is 1. The Labute approximate surface area is 83.5 Å². The Kier molecular flexibility index (Phi) is 4.19. The molecule has 0 aliphatic rings. The Bertz CT molecular complexity index is 289. The van der Waals surface area contributed by atoms with Crippen LogP contribution in [0.25, 0.3) is 0 Å². The van der Waals surface area contributed by atoms with Gasteiger partial charge in [0.2, 0.25) is 0 Å². The minimum atomic E-state index is 0.174. The van der Waals surface area contributed by atoms with Gasteiger partial charge in [0.05, 0.1) is 14.2 Å². The molecule has 1 heterocycles. The number of hydrogen-bond donors (Lipinski definition) is 1. The third-order valence-corrected chi connectivity index (χ3v) is 1.96. The van der Waals surface area contributed by atoms with Crippen molar-refractivity contribution in [1.29, 1.82) is 0 Å². The smallest absolute Gasteiger partial charge is 0.256 e. The van der Waals surface area contributed by atoms with Crippen LogP contribution in [-0.2, 0) is 6.42 Å². The number of pyridine rings is 1. The van der Waals surface area contributed by atoms with Crippen LogP contribution in [0.15, 0.2) is 12.3 Å². The van der Waals surface area contributed by atoms with Crippen LogP contribution in [0.1, 0.15) is 12.0 Å². The van der Waals surface area contributed by atoms with Crippen LogP contribution in [0.4, 0.5) is 0 Å². The van der Waals surface area contributed by atoms with Crippen LogP contribution in [0.3, 0.4) is 0 Å². The van der Waals surface area contributed by atoms with Crippen molar-refractivity contribution in [1.82, 2.24) is 4.98 Å². The van der Waals surface area contributed by atoms with Crippen LogP contribution in [0.5, 0.6) is 11.6 Å². The summed E-state index contributed by atoms with van der Waals surface area (Å²) in [5.41, 5.74) is 1.01. The van der Waals surface area contributed by atoms with Gasteiger partial charge in [0.15, 0.2) is 5.75 Å². The zero-order valence-corrected chi connectivity index (χ0v) is 8.49. The molecule has 78 valence electrons. The second kappa shape index (κ2) is 5.44. The van der Waals surface area contributed by atoms with Gasteiger partial charge in [0, 0.05) is 18.4 Å². The lowest BCUT2D eigenvalue weighted by Gasteiger charge is -2.10. The highest BCUT2D eigenvalue weighted by Crippen LogP contribution is 2.28. The predicted molar refractivity (Wildman–Crippen MR) is 52.7 cm³/mol. The summed E-state index contributed by atoms with van der Waals surface area (Å²) in [6.45, 7) is 0.174. The molecule has 0 spiro atoms. The summed E-state index contributed by atoms with van der Waals surface area (Å²) in [5, 5.41) is 8.73. The van der Waals surface area contributed by atoms with Crippen LogP contribution < -0.4 is 9.47 Å². The second-order valence-electron chi connectivity index (χ2n) is 2.84. The van der Waals surface area contributed by atoms with Crippen molar-refractivity contribution in [3.8, 4) is 11.6 Å². The van der Waals surface area contributed by atoms with Gasteiger partial charge in [-0.2, -0.15) is 0 Å². The topological polar surface area (TPSA) is 51.6 Å². The monoisotopic (exact) mass is 197 g/mol. The summed E-state index contributed by atoms with van der Waals surface area (Å²) < 4.78 is 10.3. The highest BCUT2D eigenvalue weighted by molar-refractivity contribution is 5.41. The minimum Gasteiger partial charge on any atom is -0.491 e. The highest BCUT2D eigenvalue weighted by atomic mass is 16.5. The first-order valence-electron chi connectivity index (χ1n) is 4.50. The van der Waals surface area contributed by atoms with Gasteiger partial charge in [0.25, 0.3) is 5.88 Å². The zero-order valence-electron chi connectivity index (χ0n) is 8.49. The summed E-state index contributed by atoms with van der Waals surface area (Å²) >= 11 is 0. The molecule has 0 saturated carbocycles. The van der Waals surface area contributed by atoms with Crippen molar-refractivity contribution in [3.63, 3.8) is 0 Å². The summed E-state index contributed by atoms with van der Waals surface area (Å²) in [6, 6.07) is 1.87. The van der Waals surface area contributed by atoms with Crippen LogP contribution in [-0.4, -0.2) is 30.9 Å². The number of ether oxygens (including phenoxy) is 2. The number of methoxy groups -OCH3 is 2. The van der Waals surface area contributed by atoms with Gasteiger partial charge in [-0.1, -0.05) is 0 Å². The molecular formula is C10H15NO3. The molecule has 0 fully saturated rings. The largest absolute Gasteiger partial charge is 0.491 e. The first kappa shape index (κ1) is 10.8. The Hall–Kier alpha value is -1.29. The lowest BCUT2D eigenvalue weighted by molar-refractivity contribution is 0.287. The maximum atomic E-state index is 8.73. The lowest BCUT2D eigenvalue weighted by Crippen LogP contribution is -1.99. The van der Waals surface area contributed by atoms with Crippen molar-refractivity contribution in [2.45, 2.75) is 12.8 Å². The van der Waals surface area contributed by atoms with Gasteiger partial charge in [-0.15, -0.1) is 0 Å². The molecule has 4 nitrogen and oxygen atoms in total. The van der Waals surface area contributed by atoms with E-state index in [0.29, 0.717) is 18.1 Å². The highest BCUT2D eigenvalue weighted by Gasteiger charge is 2.09. The van der Waals surface area contributed by atoms with Crippen molar-refractivity contribution >= 4 is 0 Å². The molecule has 0 amide bonds. The number of aliphatic hydroxyl groups excluding tert-OH is 1. The zero-order chi connectivity index (χ0) is 10.4. The molecule has 0 aromatic carbocycles. The molecule has 0 bridgehead atoms. The van der Waals surface area contributed by atoms with Crippen molar-refractivity contribution < 1.29 is 14.6 Å². The fraction of sp³-hybridized carbons (Fsp3) is 0.500. The molecule has 0 saturated heterocycles. The number of rotatable bonds is 5. The summed E-state index contributed by atoms with van der Waals surface area (Å²) in [4.78, 5) is 4.03. The molecule has 0 atom stereocenters. The fourth-order valence-corrected chi connectivity index (χ4v) is 1.30. The SMILES string of the molecule is COc1nccc(CCCO)c1OC. The van der Waals surface area contributed by atoms with Gasteiger partial charge in [0.1, 0.15) is 0 Å². The molecule has 0 unspecified atom stereocenters. The molecule has 0 aliphatic carbocycles. The number of aryl methyl sites for hydroxylation is 1. The van der Waals surface area contributed by atoms with Gasteiger partial charge >= 0.3 is 0 Å². The maximum absolute atomic E-state index is 8.73. The first-order valence-corrected chi connectivity index (χ1v) is 4.50. The summed E-state index contributed by atoms with van der Waals surface area (Å²) in [7, 11) is 3.14. The van der Waals surface area contributed by atoms with Gasteiger partial charge in [-0.25, -0.2) is 4.98 Å². The van der Waals surface area contributed by atoms with Gasteiger partial charge in [-0.05, 0) is 18.9 Å². The number of hydrogen-bond acceptors (Lipinski definition) is 4. The van der Waals surface area contributed by atoms with Gasteiger partial charge in [-0.3, -0.25) is 0 Å². The first-order chi connectivity index (χ1) is 6.83. The minimum absolute atomic E-state index is 0.174.